The van der Waals surface area contributed by atoms with Gasteiger partial charge in [0.15, 0.2) is 0 Å². The molecule has 3 rings (SSSR count). The van der Waals surface area contributed by atoms with Crippen molar-refractivity contribution in [1.29, 1.82) is 5.26 Å². The molecule has 5 nitrogen and oxygen atoms in total. The molecule has 0 spiro atoms. The van der Waals surface area contributed by atoms with Gasteiger partial charge in [0.1, 0.15) is 11.1 Å². The van der Waals surface area contributed by atoms with E-state index in [0.717, 1.165) is 33.8 Å². The SMILES string of the molecule is CC(=O)n1nc(C)c2c1CCc1c-2sc(N)c1C#N. The van der Waals surface area contributed by atoms with Gasteiger partial charge in [-0.3, -0.25) is 4.79 Å². The zero-order chi connectivity index (χ0) is 13.7. The summed E-state index contributed by atoms with van der Waals surface area (Å²) in [6, 6.07) is 2.17. The number of fused-ring (bicyclic) bond motifs is 3. The molecule has 19 heavy (non-hydrogen) atoms. The summed E-state index contributed by atoms with van der Waals surface area (Å²) in [6.07, 6.45) is 1.45. The first-order chi connectivity index (χ1) is 9.04. The van der Waals surface area contributed by atoms with Crippen LogP contribution in [-0.2, 0) is 12.8 Å². The van der Waals surface area contributed by atoms with Crippen molar-refractivity contribution in [3.8, 4) is 16.5 Å². The summed E-state index contributed by atoms with van der Waals surface area (Å²) in [6.45, 7) is 3.39. The van der Waals surface area contributed by atoms with Crippen LogP contribution in [0.15, 0.2) is 0 Å². The Kier molecular flexibility index (Phi) is 2.47. The molecule has 0 aliphatic heterocycles. The first kappa shape index (κ1) is 11.9. The van der Waals surface area contributed by atoms with E-state index in [1.165, 1.54) is 22.9 Å². The molecular formula is C13H12N4OS. The van der Waals surface area contributed by atoms with Gasteiger partial charge in [-0.2, -0.15) is 10.4 Å². The summed E-state index contributed by atoms with van der Waals surface area (Å²) >= 11 is 1.41. The highest BCUT2D eigenvalue weighted by atomic mass is 32.1. The van der Waals surface area contributed by atoms with E-state index >= 15 is 0 Å². The number of carbonyl (C=O) groups excluding carboxylic acids is 1. The molecule has 0 aromatic carbocycles. The first-order valence-corrected chi connectivity index (χ1v) is 6.77. The lowest BCUT2D eigenvalue weighted by molar-refractivity contribution is 0.0917. The van der Waals surface area contributed by atoms with Crippen LogP contribution in [-0.4, -0.2) is 15.7 Å². The maximum atomic E-state index is 11.6. The summed E-state index contributed by atoms with van der Waals surface area (Å²) in [5, 5.41) is 14.0. The van der Waals surface area contributed by atoms with E-state index in [0.29, 0.717) is 17.0 Å². The summed E-state index contributed by atoms with van der Waals surface area (Å²) in [5.74, 6) is -0.0853. The predicted molar refractivity (Wildman–Crippen MR) is 73.1 cm³/mol. The zero-order valence-electron chi connectivity index (χ0n) is 10.6. The Hall–Kier alpha value is -2.13. The van der Waals surface area contributed by atoms with E-state index in [-0.39, 0.29) is 5.91 Å². The van der Waals surface area contributed by atoms with Crippen LogP contribution in [0, 0.1) is 18.3 Å². The molecule has 2 aromatic heterocycles. The second kappa shape index (κ2) is 3.93. The van der Waals surface area contributed by atoms with E-state index in [1.54, 1.807) is 0 Å². The minimum atomic E-state index is -0.0853. The summed E-state index contributed by atoms with van der Waals surface area (Å²) in [7, 11) is 0. The summed E-state index contributed by atoms with van der Waals surface area (Å²) in [4.78, 5) is 12.6. The number of nitrogen functional groups attached to an aromatic ring is 1. The van der Waals surface area contributed by atoms with Crippen molar-refractivity contribution in [2.75, 3.05) is 5.73 Å². The smallest absolute Gasteiger partial charge is 0.243 e. The van der Waals surface area contributed by atoms with E-state index in [9.17, 15) is 10.1 Å². The van der Waals surface area contributed by atoms with E-state index in [4.69, 9.17) is 5.73 Å². The number of nitrogens with zero attached hydrogens (tertiary/aromatic N) is 3. The highest BCUT2D eigenvalue weighted by Gasteiger charge is 2.29. The number of aromatic nitrogens is 2. The molecule has 0 bridgehead atoms. The fraction of sp³-hybridized carbons (Fsp3) is 0.308. The van der Waals surface area contributed by atoms with Crippen LogP contribution in [0.25, 0.3) is 10.4 Å². The van der Waals surface area contributed by atoms with Crippen molar-refractivity contribution in [2.24, 2.45) is 0 Å². The van der Waals surface area contributed by atoms with Gasteiger partial charge in [0.2, 0.25) is 5.91 Å². The monoisotopic (exact) mass is 272 g/mol. The highest BCUT2D eigenvalue weighted by Crippen LogP contribution is 2.44. The summed E-state index contributed by atoms with van der Waals surface area (Å²) in [5.41, 5.74) is 10.2. The largest absolute Gasteiger partial charge is 0.389 e. The third-order valence-electron chi connectivity index (χ3n) is 3.44. The number of thiophene rings is 1. The molecular weight excluding hydrogens is 260 g/mol. The van der Waals surface area contributed by atoms with Crippen LogP contribution in [0.3, 0.4) is 0 Å². The first-order valence-electron chi connectivity index (χ1n) is 5.95. The van der Waals surface area contributed by atoms with Crippen molar-refractivity contribution < 1.29 is 4.79 Å². The van der Waals surface area contributed by atoms with Crippen LogP contribution in [0.1, 0.15) is 34.2 Å². The standard InChI is InChI=1S/C13H12N4OS/c1-6-11-10(17(16-6)7(2)18)4-3-8-9(5-14)13(15)19-12(8)11/h3-4,15H2,1-2H3. The van der Waals surface area contributed by atoms with Gasteiger partial charge < -0.3 is 5.73 Å². The predicted octanol–water partition coefficient (Wildman–Crippen LogP) is 2.13. The summed E-state index contributed by atoms with van der Waals surface area (Å²) < 4.78 is 1.47. The van der Waals surface area contributed by atoms with Gasteiger partial charge in [-0.05, 0) is 25.3 Å². The quantitative estimate of drug-likeness (QED) is 0.796. The van der Waals surface area contributed by atoms with Gasteiger partial charge >= 0.3 is 0 Å². The second-order valence-corrected chi connectivity index (χ2v) is 5.65. The average molecular weight is 272 g/mol. The number of hydrogen-bond donors (Lipinski definition) is 1. The molecule has 2 N–H and O–H groups in total. The Balaban J connectivity index is 2.32. The van der Waals surface area contributed by atoms with Gasteiger partial charge in [-0.25, -0.2) is 4.68 Å². The molecule has 96 valence electrons. The van der Waals surface area contributed by atoms with Crippen molar-refractivity contribution in [2.45, 2.75) is 26.7 Å². The van der Waals surface area contributed by atoms with Crippen LogP contribution in [0.5, 0.6) is 0 Å². The number of hydrogen-bond acceptors (Lipinski definition) is 5. The van der Waals surface area contributed by atoms with Gasteiger partial charge in [0, 0.05) is 17.4 Å². The van der Waals surface area contributed by atoms with Gasteiger partial charge in [0.05, 0.1) is 17.0 Å². The molecule has 6 heteroatoms. The normalized spacial score (nSPS) is 12.7. The minimum Gasteiger partial charge on any atom is -0.389 e. The topological polar surface area (TPSA) is 84.7 Å². The lowest BCUT2D eigenvalue weighted by atomic mass is 9.93. The molecule has 0 amide bonds. The molecule has 1 aliphatic rings. The minimum absolute atomic E-state index is 0.0853. The Labute approximate surface area is 114 Å². The van der Waals surface area contributed by atoms with Crippen molar-refractivity contribution in [3.63, 3.8) is 0 Å². The third kappa shape index (κ3) is 1.52. The lowest BCUT2D eigenvalue weighted by Gasteiger charge is -2.13. The van der Waals surface area contributed by atoms with Crippen molar-refractivity contribution >= 4 is 22.2 Å². The number of anilines is 1. The molecule has 0 atom stereocenters. The van der Waals surface area contributed by atoms with Crippen LogP contribution >= 0.6 is 11.3 Å². The fourth-order valence-corrected chi connectivity index (χ4v) is 3.84. The van der Waals surface area contributed by atoms with Crippen LogP contribution in [0.2, 0.25) is 0 Å². The molecule has 1 aliphatic carbocycles. The van der Waals surface area contributed by atoms with Crippen molar-refractivity contribution in [1.82, 2.24) is 9.78 Å². The molecule has 0 saturated heterocycles. The second-order valence-electron chi connectivity index (χ2n) is 4.60. The van der Waals surface area contributed by atoms with E-state index in [2.05, 4.69) is 11.2 Å². The Morgan fingerprint density at radius 1 is 1.53 bits per heavy atom. The van der Waals surface area contributed by atoms with Gasteiger partial charge in [-0.15, -0.1) is 11.3 Å². The maximum absolute atomic E-state index is 11.6. The Bertz CT molecular complexity index is 748. The average Bonchev–Trinajstić information content (AvgIpc) is 2.86. The van der Waals surface area contributed by atoms with Gasteiger partial charge in [-0.1, -0.05) is 0 Å². The molecule has 0 unspecified atom stereocenters. The van der Waals surface area contributed by atoms with Crippen LogP contribution < -0.4 is 5.73 Å². The Morgan fingerprint density at radius 3 is 2.89 bits per heavy atom. The number of aryl methyl sites for hydroxylation is 1. The number of nitrogens with two attached hydrogens (primary N) is 1. The third-order valence-corrected chi connectivity index (χ3v) is 4.52. The molecule has 0 fully saturated rings. The number of carbonyl (C=O) groups is 1. The molecule has 2 aromatic rings. The molecule has 2 heterocycles. The van der Waals surface area contributed by atoms with Crippen LogP contribution in [0.4, 0.5) is 5.00 Å². The molecule has 0 saturated carbocycles. The number of rotatable bonds is 0. The van der Waals surface area contributed by atoms with Crippen molar-refractivity contribution in [3.05, 3.63) is 22.5 Å². The van der Waals surface area contributed by atoms with Gasteiger partial charge in [0.25, 0.3) is 0 Å². The Morgan fingerprint density at radius 2 is 2.26 bits per heavy atom. The highest BCUT2D eigenvalue weighted by molar-refractivity contribution is 7.19. The number of nitriles is 1. The maximum Gasteiger partial charge on any atom is 0.243 e. The fourth-order valence-electron chi connectivity index (χ4n) is 2.65. The van der Waals surface area contributed by atoms with E-state index < -0.39 is 0 Å². The zero-order valence-corrected chi connectivity index (χ0v) is 11.5. The van der Waals surface area contributed by atoms with E-state index in [1.807, 2.05) is 6.92 Å². The molecule has 0 radical (unpaired) electrons. The lowest BCUT2D eigenvalue weighted by Crippen LogP contribution is -2.14.